The lowest BCUT2D eigenvalue weighted by atomic mass is 10.1. The Labute approximate surface area is 103 Å². The first-order chi connectivity index (χ1) is 6.56. The van der Waals surface area contributed by atoms with Crippen molar-refractivity contribution < 1.29 is 0 Å². The molecule has 0 aromatic carbocycles. The van der Waals surface area contributed by atoms with Crippen LogP contribution in [0, 0.1) is 0 Å². The third-order valence-electron chi connectivity index (χ3n) is 2.31. The summed E-state index contributed by atoms with van der Waals surface area (Å²) in [6.45, 7) is 2.24. The molecule has 0 saturated heterocycles. The van der Waals surface area contributed by atoms with Gasteiger partial charge in [0.1, 0.15) is 0 Å². The van der Waals surface area contributed by atoms with Gasteiger partial charge in [0, 0.05) is 0 Å². The van der Waals surface area contributed by atoms with Crippen molar-refractivity contribution in [2.45, 2.75) is 64.3 Å². The van der Waals surface area contributed by atoms with Crippen molar-refractivity contribution in [1.82, 2.24) is 0 Å². The van der Waals surface area contributed by atoms with E-state index >= 15 is 0 Å². The van der Waals surface area contributed by atoms with E-state index in [4.69, 9.17) is 33.2 Å². The highest BCUT2D eigenvalue weighted by Gasteiger charge is 2.23. The quantitative estimate of drug-likeness (QED) is 0.284. The number of unbranched alkanes of at least 4 members (excludes halogenated alkanes) is 7. The molecule has 0 aromatic rings. The van der Waals surface area contributed by atoms with E-state index in [0.717, 1.165) is 12.5 Å². The molecule has 0 atom stereocenters. The van der Waals surface area contributed by atoms with Crippen LogP contribution in [0.2, 0.25) is 6.04 Å². The summed E-state index contributed by atoms with van der Waals surface area (Å²) in [4.78, 5) is 0. The Morgan fingerprint density at radius 3 is 1.57 bits per heavy atom. The molecule has 86 valence electrons. The second-order valence-corrected chi connectivity index (χ2v) is 13.1. The molecule has 0 fully saturated rings. The number of halogens is 3. The SMILES string of the molecule is CCCCCCCCCC[Si](Cl)(Cl)Cl. The first-order valence-electron chi connectivity index (χ1n) is 5.63. The van der Waals surface area contributed by atoms with Crippen LogP contribution in [0.5, 0.6) is 0 Å². The van der Waals surface area contributed by atoms with Gasteiger partial charge in [0.15, 0.2) is 0 Å². The van der Waals surface area contributed by atoms with Gasteiger partial charge in [-0.25, -0.2) is 0 Å². The van der Waals surface area contributed by atoms with Crippen LogP contribution >= 0.6 is 33.2 Å². The largest absolute Gasteiger partial charge is 0.341 e. The Balaban J connectivity index is 2.99. The predicted molar refractivity (Wildman–Crippen MR) is 70.7 cm³/mol. The summed E-state index contributed by atoms with van der Waals surface area (Å²) < 4.78 is 0. The molecule has 0 heterocycles. The van der Waals surface area contributed by atoms with Crippen LogP contribution in [0.4, 0.5) is 0 Å². The van der Waals surface area contributed by atoms with Gasteiger partial charge in [-0.15, -0.1) is 33.2 Å². The van der Waals surface area contributed by atoms with Crippen LogP contribution in [0.25, 0.3) is 0 Å². The first-order valence-corrected chi connectivity index (χ1v) is 10.9. The molecular formula is C10H21Cl3Si. The van der Waals surface area contributed by atoms with E-state index in [0.29, 0.717) is 0 Å². The van der Waals surface area contributed by atoms with Crippen LogP contribution in [0.1, 0.15) is 58.3 Å². The van der Waals surface area contributed by atoms with E-state index in [1.807, 2.05) is 0 Å². The number of rotatable bonds is 9. The molecule has 0 aliphatic heterocycles. The van der Waals surface area contributed by atoms with Crippen molar-refractivity contribution in [3.63, 3.8) is 0 Å². The van der Waals surface area contributed by atoms with Gasteiger partial charge in [0.2, 0.25) is 0 Å². The molecule has 4 heteroatoms. The van der Waals surface area contributed by atoms with Crippen molar-refractivity contribution in [2.75, 3.05) is 0 Å². The Morgan fingerprint density at radius 1 is 0.714 bits per heavy atom. The van der Waals surface area contributed by atoms with Gasteiger partial charge in [-0.1, -0.05) is 58.3 Å². The maximum atomic E-state index is 5.78. The van der Waals surface area contributed by atoms with Gasteiger partial charge in [-0.2, -0.15) is 0 Å². The number of hydrogen-bond donors (Lipinski definition) is 0. The zero-order valence-electron chi connectivity index (χ0n) is 9.00. The molecule has 0 aromatic heterocycles. The Hall–Kier alpha value is 1.09. The third-order valence-corrected chi connectivity index (χ3v) is 4.94. The summed E-state index contributed by atoms with van der Waals surface area (Å²) >= 11 is 17.4. The summed E-state index contributed by atoms with van der Waals surface area (Å²) in [7, 11) is 0. The summed E-state index contributed by atoms with van der Waals surface area (Å²) in [5.41, 5.74) is 0. The molecule has 0 nitrogen and oxygen atoms in total. The van der Waals surface area contributed by atoms with Crippen LogP contribution in [-0.4, -0.2) is 6.00 Å². The fraction of sp³-hybridized carbons (Fsp3) is 1.00. The summed E-state index contributed by atoms with van der Waals surface area (Å²) in [5, 5.41) is 0. The molecule has 14 heavy (non-hydrogen) atoms. The highest BCUT2D eigenvalue weighted by molar-refractivity contribution is 7.64. The minimum Gasteiger partial charge on any atom is -0.126 e. The smallest absolute Gasteiger partial charge is 0.126 e. The average molecular weight is 276 g/mol. The molecule has 0 spiro atoms. The average Bonchev–Trinajstić information content (AvgIpc) is 2.08. The molecule has 0 unspecified atom stereocenters. The maximum absolute atomic E-state index is 5.78. The van der Waals surface area contributed by atoms with Crippen LogP contribution < -0.4 is 0 Å². The molecule has 0 saturated carbocycles. The molecule has 0 amide bonds. The summed E-state index contributed by atoms with van der Waals surface area (Å²) in [6, 6.07) is -1.50. The molecule has 0 rings (SSSR count). The van der Waals surface area contributed by atoms with Gasteiger partial charge in [-0.05, 0) is 6.04 Å². The van der Waals surface area contributed by atoms with Crippen molar-refractivity contribution >= 4 is 39.2 Å². The second-order valence-electron chi connectivity index (χ2n) is 3.84. The van der Waals surface area contributed by atoms with E-state index in [2.05, 4.69) is 6.92 Å². The van der Waals surface area contributed by atoms with Gasteiger partial charge in [0.05, 0.1) is 0 Å². The van der Waals surface area contributed by atoms with Gasteiger partial charge >= 0.3 is 6.00 Å². The van der Waals surface area contributed by atoms with E-state index in [1.54, 1.807) is 0 Å². The zero-order chi connectivity index (χ0) is 10.9. The first kappa shape index (κ1) is 15.1. The second kappa shape index (κ2) is 9.32. The van der Waals surface area contributed by atoms with Gasteiger partial charge < -0.3 is 0 Å². The normalized spacial score (nSPS) is 12.0. The maximum Gasteiger partial charge on any atom is 0.341 e. The molecule has 0 radical (unpaired) electrons. The summed E-state index contributed by atoms with van der Waals surface area (Å²) in [5.74, 6) is 0. The molecule has 0 aliphatic carbocycles. The summed E-state index contributed by atoms with van der Waals surface area (Å²) in [6.07, 6.45) is 10.4. The lowest BCUT2D eigenvalue weighted by Crippen LogP contribution is -2.07. The van der Waals surface area contributed by atoms with Crippen LogP contribution in [-0.2, 0) is 0 Å². The highest BCUT2D eigenvalue weighted by atomic mass is 35.8. The standard InChI is InChI=1S/C10H21Cl3Si/c1-2-3-4-5-6-7-8-9-10-14(11,12)13/h2-10H2,1H3. The lowest BCUT2D eigenvalue weighted by molar-refractivity contribution is 0.585. The topological polar surface area (TPSA) is 0 Å². The van der Waals surface area contributed by atoms with E-state index in [-0.39, 0.29) is 0 Å². The van der Waals surface area contributed by atoms with E-state index in [9.17, 15) is 0 Å². The van der Waals surface area contributed by atoms with Crippen molar-refractivity contribution in [2.24, 2.45) is 0 Å². The molecule has 0 bridgehead atoms. The zero-order valence-corrected chi connectivity index (χ0v) is 12.3. The third kappa shape index (κ3) is 13.1. The minimum atomic E-state index is -2.32. The van der Waals surface area contributed by atoms with Crippen molar-refractivity contribution in [1.29, 1.82) is 0 Å². The fourth-order valence-electron chi connectivity index (χ4n) is 1.46. The van der Waals surface area contributed by atoms with Crippen LogP contribution in [0.15, 0.2) is 0 Å². The van der Waals surface area contributed by atoms with Crippen LogP contribution in [0.3, 0.4) is 0 Å². The molecule has 0 aliphatic rings. The molecular weight excluding hydrogens is 255 g/mol. The lowest BCUT2D eigenvalue weighted by Gasteiger charge is -2.06. The van der Waals surface area contributed by atoms with E-state index < -0.39 is 6.00 Å². The Morgan fingerprint density at radius 2 is 1.14 bits per heavy atom. The van der Waals surface area contributed by atoms with Gasteiger partial charge in [-0.3, -0.25) is 0 Å². The molecule has 0 N–H and O–H groups in total. The fourth-order valence-corrected chi connectivity index (χ4v) is 3.31. The Bertz CT molecular complexity index is 123. The van der Waals surface area contributed by atoms with E-state index in [1.165, 1.54) is 44.9 Å². The highest BCUT2D eigenvalue weighted by Crippen LogP contribution is 2.27. The number of hydrogen-bond acceptors (Lipinski definition) is 0. The monoisotopic (exact) mass is 274 g/mol. The minimum absolute atomic E-state index is 0.826. The predicted octanol–water partition coefficient (Wildman–Crippen LogP) is 5.78. The van der Waals surface area contributed by atoms with Crippen molar-refractivity contribution in [3.8, 4) is 0 Å². The van der Waals surface area contributed by atoms with Gasteiger partial charge in [0.25, 0.3) is 0 Å². The van der Waals surface area contributed by atoms with Crippen molar-refractivity contribution in [3.05, 3.63) is 0 Å². The Kier molecular flexibility index (Phi) is 10.0.